The number of nitrogens with one attached hydrogen (secondary N) is 1. The standard InChI is InChI=1S/C15H32N2O3S/c1-13-9-14(2,3)11-15(10-13,12-18)16-7-6-8-21(19,20)17(4)5/h13,16,18H,6-12H2,1-5H3/t13-,15+/m0/s1. The molecular weight excluding hydrogens is 288 g/mol. The SMILES string of the molecule is C[C@H]1CC(C)(C)C[C@](CO)(NCCCS(=O)(=O)N(C)C)C1. The highest BCUT2D eigenvalue weighted by atomic mass is 32.2. The van der Waals surface area contributed by atoms with Gasteiger partial charge in [0.25, 0.3) is 0 Å². The van der Waals surface area contributed by atoms with Gasteiger partial charge in [-0.1, -0.05) is 20.8 Å². The zero-order valence-corrected chi connectivity index (χ0v) is 15.0. The van der Waals surface area contributed by atoms with Gasteiger partial charge in [-0.2, -0.15) is 0 Å². The van der Waals surface area contributed by atoms with Crippen LogP contribution in [0, 0.1) is 11.3 Å². The number of rotatable bonds is 7. The number of nitrogens with zero attached hydrogens (tertiary/aromatic N) is 1. The second-order valence-corrected chi connectivity index (χ2v) is 9.97. The molecule has 1 aliphatic rings. The maximum Gasteiger partial charge on any atom is 0.213 e. The van der Waals surface area contributed by atoms with Gasteiger partial charge in [-0.3, -0.25) is 0 Å². The first-order valence-corrected chi connectivity index (χ1v) is 9.39. The molecule has 1 fully saturated rings. The number of aliphatic hydroxyl groups excluding tert-OH is 1. The van der Waals surface area contributed by atoms with E-state index in [0.29, 0.717) is 18.9 Å². The molecule has 5 nitrogen and oxygen atoms in total. The van der Waals surface area contributed by atoms with Crippen LogP contribution in [-0.2, 0) is 10.0 Å². The van der Waals surface area contributed by atoms with Gasteiger partial charge in [-0.25, -0.2) is 12.7 Å². The second-order valence-electron chi connectivity index (χ2n) is 7.67. The third-order valence-electron chi connectivity index (χ3n) is 4.40. The molecule has 1 rings (SSSR count). The van der Waals surface area contributed by atoms with Gasteiger partial charge in [0, 0.05) is 19.6 Å². The Bertz CT molecular complexity index is 434. The molecule has 0 aromatic carbocycles. The first kappa shape index (κ1) is 18.9. The highest BCUT2D eigenvalue weighted by molar-refractivity contribution is 7.89. The van der Waals surface area contributed by atoms with Gasteiger partial charge in [0.1, 0.15) is 0 Å². The van der Waals surface area contributed by atoms with E-state index < -0.39 is 10.0 Å². The predicted molar refractivity (Wildman–Crippen MR) is 86.7 cm³/mol. The van der Waals surface area contributed by atoms with Crippen molar-refractivity contribution >= 4 is 10.0 Å². The minimum Gasteiger partial charge on any atom is -0.394 e. The van der Waals surface area contributed by atoms with Crippen molar-refractivity contribution in [2.24, 2.45) is 11.3 Å². The summed E-state index contributed by atoms with van der Waals surface area (Å²) >= 11 is 0. The summed E-state index contributed by atoms with van der Waals surface area (Å²) in [7, 11) is -0.0128. The van der Waals surface area contributed by atoms with Crippen LogP contribution in [-0.4, -0.2) is 56.4 Å². The van der Waals surface area contributed by atoms with E-state index >= 15 is 0 Å². The van der Waals surface area contributed by atoms with Gasteiger partial charge in [0.2, 0.25) is 10.0 Å². The highest BCUT2D eigenvalue weighted by Crippen LogP contribution is 2.43. The molecule has 0 saturated heterocycles. The molecule has 0 radical (unpaired) electrons. The number of hydrogen-bond donors (Lipinski definition) is 2. The summed E-state index contributed by atoms with van der Waals surface area (Å²) in [6.45, 7) is 7.44. The average molecular weight is 320 g/mol. The summed E-state index contributed by atoms with van der Waals surface area (Å²) in [6, 6.07) is 0. The van der Waals surface area contributed by atoms with Gasteiger partial charge >= 0.3 is 0 Å². The molecule has 2 N–H and O–H groups in total. The third kappa shape index (κ3) is 5.51. The van der Waals surface area contributed by atoms with E-state index in [2.05, 4.69) is 26.1 Å². The summed E-state index contributed by atoms with van der Waals surface area (Å²) in [5.41, 5.74) is -0.0495. The molecular formula is C15H32N2O3S. The Morgan fingerprint density at radius 3 is 2.38 bits per heavy atom. The van der Waals surface area contributed by atoms with E-state index in [1.54, 1.807) is 14.1 Å². The van der Waals surface area contributed by atoms with Crippen molar-refractivity contribution in [3.05, 3.63) is 0 Å². The second kappa shape index (κ2) is 6.94. The number of hydrogen-bond acceptors (Lipinski definition) is 4. The summed E-state index contributed by atoms with van der Waals surface area (Å²) in [6.07, 6.45) is 3.62. The minimum absolute atomic E-state index is 0.112. The Balaban J connectivity index is 2.55. The van der Waals surface area contributed by atoms with Crippen LogP contribution in [0.5, 0.6) is 0 Å². The molecule has 0 unspecified atom stereocenters. The average Bonchev–Trinajstić information content (AvgIpc) is 2.32. The Hall–Kier alpha value is -0.170. The van der Waals surface area contributed by atoms with Crippen LogP contribution < -0.4 is 5.32 Å². The van der Waals surface area contributed by atoms with E-state index in [-0.39, 0.29) is 23.3 Å². The van der Waals surface area contributed by atoms with Gasteiger partial charge in [0.15, 0.2) is 0 Å². The smallest absolute Gasteiger partial charge is 0.213 e. The van der Waals surface area contributed by atoms with Crippen molar-refractivity contribution in [1.82, 2.24) is 9.62 Å². The van der Waals surface area contributed by atoms with E-state index in [9.17, 15) is 13.5 Å². The first-order chi connectivity index (χ1) is 9.52. The monoisotopic (exact) mass is 320 g/mol. The quantitative estimate of drug-likeness (QED) is 0.696. The van der Waals surface area contributed by atoms with Gasteiger partial charge < -0.3 is 10.4 Å². The van der Waals surface area contributed by atoms with Crippen LogP contribution in [0.1, 0.15) is 46.5 Å². The molecule has 1 saturated carbocycles. The third-order valence-corrected chi connectivity index (χ3v) is 6.31. The van der Waals surface area contributed by atoms with E-state index in [1.165, 1.54) is 10.7 Å². The lowest BCUT2D eigenvalue weighted by Gasteiger charge is -2.47. The van der Waals surface area contributed by atoms with Crippen LogP contribution in [0.25, 0.3) is 0 Å². The fourth-order valence-corrected chi connectivity index (χ4v) is 4.72. The molecule has 0 bridgehead atoms. The molecule has 126 valence electrons. The van der Waals surface area contributed by atoms with Crippen molar-refractivity contribution in [2.75, 3.05) is 33.0 Å². The first-order valence-electron chi connectivity index (χ1n) is 7.78. The molecule has 0 aromatic heterocycles. The topological polar surface area (TPSA) is 69.6 Å². The summed E-state index contributed by atoms with van der Waals surface area (Å²) < 4.78 is 24.7. The molecule has 0 aliphatic heterocycles. The van der Waals surface area contributed by atoms with Crippen LogP contribution in [0.3, 0.4) is 0 Å². The predicted octanol–water partition coefficient (Wildman–Crippen LogP) is 1.43. The number of aliphatic hydroxyl groups is 1. The van der Waals surface area contributed by atoms with E-state index in [0.717, 1.165) is 12.8 Å². The largest absolute Gasteiger partial charge is 0.394 e. The van der Waals surface area contributed by atoms with Crippen molar-refractivity contribution in [2.45, 2.75) is 52.0 Å². The van der Waals surface area contributed by atoms with Crippen molar-refractivity contribution in [3.8, 4) is 0 Å². The molecule has 21 heavy (non-hydrogen) atoms. The summed E-state index contributed by atoms with van der Waals surface area (Å²) in [5.74, 6) is 0.715. The highest BCUT2D eigenvalue weighted by Gasteiger charge is 2.42. The van der Waals surface area contributed by atoms with Crippen LogP contribution in [0.4, 0.5) is 0 Å². The van der Waals surface area contributed by atoms with E-state index in [1.807, 2.05) is 0 Å². The molecule has 0 amide bonds. The maximum atomic E-state index is 11.7. The summed E-state index contributed by atoms with van der Waals surface area (Å²) in [5, 5.41) is 13.3. The lowest BCUT2D eigenvalue weighted by atomic mass is 9.64. The van der Waals surface area contributed by atoms with Crippen molar-refractivity contribution < 1.29 is 13.5 Å². The lowest BCUT2D eigenvalue weighted by Crippen LogP contribution is -2.55. The number of sulfonamides is 1. The Morgan fingerprint density at radius 2 is 1.90 bits per heavy atom. The fourth-order valence-electron chi connectivity index (χ4n) is 3.84. The molecule has 1 aliphatic carbocycles. The van der Waals surface area contributed by atoms with Gasteiger partial charge in [-0.15, -0.1) is 0 Å². The molecule has 0 aromatic rings. The van der Waals surface area contributed by atoms with Gasteiger partial charge in [-0.05, 0) is 43.6 Å². The van der Waals surface area contributed by atoms with Crippen molar-refractivity contribution in [1.29, 1.82) is 0 Å². The van der Waals surface area contributed by atoms with Crippen LogP contribution >= 0.6 is 0 Å². The van der Waals surface area contributed by atoms with E-state index in [4.69, 9.17) is 0 Å². The maximum absolute atomic E-state index is 11.7. The normalized spacial score (nSPS) is 29.8. The summed E-state index contributed by atoms with van der Waals surface area (Å²) in [4.78, 5) is 0. The molecule has 0 heterocycles. The van der Waals surface area contributed by atoms with Crippen LogP contribution in [0.15, 0.2) is 0 Å². The van der Waals surface area contributed by atoms with Crippen molar-refractivity contribution in [3.63, 3.8) is 0 Å². The lowest BCUT2D eigenvalue weighted by molar-refractivity contribution is 0.0367. The molecule has 6 heteroatoms. The minimum atomic E-state index is -3.13. The Labute approximate surface area is 130 Å². The Kier molecular flexibility index (Phi) is 6.24. The molecule has 0 spiro atoms. The fraction of sp³-hybridized carbons (Fsp3) is 1.00. The molecule has 2 atom stereocenters. The zero-order valence-electron chi connectivity index (χ0n) is 14.1. The zero-order chi connectivity index (χ0) is 16.3. The van der Waals surface area contributed by atoms with Crippen LogP contribution in [0.2, 0.25) is 0 Å². The Morgan fingerprint density at radius 1 is 1.29 bits per heavy atom. The van der Waals surface area contributed by atoms with Gasteiger partial charge in [0.05, 0.1) is 12.4 Å².